The predicted octanol–water partition coefficient (Wildman–Crippen LogP) is 2.87. The van der Waals surface area contributed by atoms with Crippen molar-refractivity contribution in [3.8, 4) is 0 Å². The van der Waals surface area contributed by atoms with Crippen LogP contribution in [0.5, 0.6) is 0 Å². The Hall–Kier alpha value is -1.42. The summed E-state index contributed by atoms with van der Waals surface area (Å²) in [6.07, 6.45) is 5.12. The molecule has 0 spiro atoms. The topological polar surface area (TPSA) is 59.4 Å². The van der Waals surface area contributed by atoms with E-state index in [1.165, 1.54) is 0 Å². The first-order valence-corrected chi connectivity index (χ1v) is 6.66. The number of aliphatic hydroxyl groups is 1. The molecular formula is C15H23NO3. The van der Waals surface area contributed by atoms with E-state index in [0.29, 0.717) is 13.0 Å². The fourth-order valence-electron chi connectivity index (χ4n) is 1.57. The summed E-state index contributed by atoms with van der Waals surface area (Å²) in [7, 11) is 0. The van der Waals surface area contributed by atoms with Crippen molar-refractivity contribution in [3.63, 3.8) is 0 Å². The highest BCUT2D eigenvalue weighted by Gasteiger charge is 2.22. The minimum atomic E-state index is -0.471. The highest BCUT2D eigenvalue weighted by atomic mass is 16.5. The molecule has 0 saturated carbocycles. The number of aliphatic hydroxyl groups excluding tert-OH is 1. The molecule has 4 nitrogen and oxygen atoms in total. The van der Waals surface area contributed by atoms with E-state index in [4.69, 9.17) is 4.74 Å². The predicted molar refractivity (Wildman–Crippen MR) is 73.5 cm³/mol. The lowest BCUT2D eigenvalue weighted by atomic mass is 9.97. The Bertz CT molecular complexity index is 384. The number of ether oxygens (including phenoxy) is 1. The zero-order valence-electron chi connectivity index (χ0n) is 11.9. The first-order chi connectivity index (χ1) is 8.91. The van der Waals surface area contributed by atoms with Crippen LogP contribution in [-0.4, -0.2) is 22.7 Å². The fourth-order valence-corrected chi connectivity index (χ4v) is 1.57. The molecule has 1 atom stereocenters. The van der Waals surface area contributed by atoms with Gasteiger partial charge in [-0.3, -0.25) is 9.78 Å². The molecule has 0 saturated heterocycles. The summed E-state index contributed by atoms with van der Waals surface area (Å²) in [4.78, 5) is 15.4. The van der Waals surface area contributed by atoms with Crippen LogP contribution in [0.25, 0.3) is 0 Å². The van der Waals surface area contributed by atoms with Crippen LogP contribution in [0.3, 0.4) is 0 Å². The summed E-state index contributed by atoms with van der Waals surface area (Å²) < 4.78 is 5.16. The molecule has 1 aromatic rings. The van der Waals surface area contributed by atoms with Crippen LogP contribution in [0.2, 0.25) is 0 Å². The largest absolute Gasteiger partial charge is 0.465 e. The lowest BCUT2D eigenvalue weighted by Crippen LogP contribution is -2.23. The summed E-state index contributed by atoms with van der Waals surface area (Å²) in [5, 5.41) is 9.92. The third-order valence-electron chi connectivity index (χ3n) is 2.81. The van der Waals surface area contributed by atoms with Crippen molar-refractivity contribution in [2.75, 3.05) is 6.61 Å². The van der Waals surface area contributed by atoms with Crippen molar-refractivity contribution >= 4 is 5.97 Å². The summed E-state index contributed by atoms with van der Waals surface area (Å²) >= 11 is 0. The maximum Gasteiger partial charge on any atom is 0.311 e. The van der Waals surface area contributed by atoms with E-state index in [1.54, 1.807) is 12.4 Å². The SMILES string of the molecule is CC(C)(C)C(=O)OCCCC[C@H](O)c1ccncc1. The number of hydrogen-bond acceptors (Lipinski definition) is 4. The van der Waals surface area contributed by atoms with Gasteiger partial charge in [0.1, 0.15) is 0 Å². The smallest absolute Gasteiger partial charge is 0.311 e. The van der Waals surface area contributed by atoms with Crippen molar-refractivity contribution in [1.29, 1.82) is 0 Å². The monoisotopic (exact) mass is 265 g/mol. The van der Waals surface area contributed by atoms with Gasteiger partial charge in [0.25, 0.3) is 0 Å². The number of carbonyl (C=O) groups is 1. The van der Waals surface area contributed by atoms with Crippen molar-refractivity contribution in [3.05, 3.63) is 30.1 Å². The molecule has 0 aliphatic carbocycles. The van der Waals surface area contributed by atoms with Gasteiger partial charge in [0.2, 0.25) is 0 Å². The molecular weight excluding hydrogens is 242 g/mol. The number of nitrogens with zero attached hydrogens (tertiary/aromatic N) is 1. The average Bonchev–Trinajstić information content (AvgIpc) is 2.37. The Labute approximate surface area is 114 Å². The van der Waals surface area contributed by atoms with Crippen LogP contribution in [0.4, 0.5) is 0 Å². The maximum absolute atomic E-state index is 11.5. The van der Waals surface area contributed by atoms with Gasteiger partial charge in [0.15, 0.2) is 0 Å². The molecule has 1 aromatic heterocycles. The zero-order chi connectivity index (χ0) is 14.3. The van der Waals surface area contributed by atoms with Gasteiger partial charge < -0.3 is 9.84 Å². The van der Waals surface area contributed by atoms with Gasteiger partial charge >= 0.3 is 5.97 Å². The Morgan fingerprint density at radius 3 is 2.53 bits per heavy atom. The minimum Gasteiger partial charge on any atom is -0.465 e. The van der Waals surface area contributed by atoms with Crippen molar-refractivity contribution in [2.45, 2.75) is 46.1 Å². The van der Waals surface area contributed by atoms with E-state index in [9.17, 15) is 9.90 Å². The van der Waals surface area contributed by atoms with E-state index in [-0.39, 0.29) is 5.97 Å². The summed E-state index contributed by atoms with van der Waals surface area (Å²) in [6.45, 7) is 5.92. The lowest BCUT2D eigenvalue weighted by molar-refractivity contribution is -0.153. The van der Waals surface area contributed by atoms with Crippen LogP contribution >= 0.6 is 0 Å². The number of rotatable bonds is 6. The van der Waals surface area contributed by atoms with E-state index < -0.39 is 11.5 Å². The molecule has 1 rings (SSSR count). The molecule has 0 bridgehead atoms. The van der Waals surface area contributed by atoms with Crippen LogP contribution < -0.4 is 0 Å². The maximum atomic E-state index is 11.5. The van der Waals surface area contributed by atoms with E-state index in [0.717, 1.165) is 18.4 Å². The fraction of sp³-hybridized carbons (Fsp3) is 0.600. The Morgan fingerprint density at radius 1 is 1.32 bits per heavy atom. The summed E-state index contributed by atoms with van der Waals surface area (Å²) in [5.41, 5.74) is 0.429. The zero-order valence-corrected chi connectivity index (χ0v) is 11.9. The number of pyridine rings is 1. The van der Waals surface area contributed by atoms with Crippen LogP contribution in [-0.2, 0) is 9.53 Å². The third kappa shape index (κ3) is 5.83. The first kappa shape index (κ1) is 15.6. The standard InChI is InChI=1S/C15H23NO3/c1-15(2,3)14(18)19-11-5-4-6-13(17)12-7-9-16-10-8-12/h7-10,13,17H,4-6,11H2,1-3H3/t13-/m0/s1. The number of hydrogen-bond donors (Lipinski definition) is 1. The molecule has 0 aliphatic rings. The number of carbonyl (C=O) groups excluding carboxylic acids is 1. The number of aromatic nitrogens is 1. The molecule has 0 aliphatic heterocycles. The van der Waals surface area contributed by atoms with Gasteiger partial charge in [0.05, 0.1) is 18.1 Å². The van der Waals surface area contributed by atoms with Gasteiger partial charge in [-0.05, 0) is 57.7 Å². The van der Waals surface area contributed by atoms with E-state index >= 15 is 0 Å². The second-order valence-electron chi connectivity index (χ2n) is 5.68. The van der Waals surface area contributed by atoms with Crippen LogP contribution in [0.15, 0.2) is 24.5 Å². The Morgan fingerprint density at radius 2 is 1.95 bits per heavy atom. The lowest BCUT2D eigenvalue weighted by Gasteiger charge is -2.16. The highest BCUT2D eigenvalue weighted by molar-refractivity contribution is 5.75. The second-order valence-corrected chi connectivity index (χ2v) is 5.68. The molecule has 0 aromatic carbocycles. The van der Waals surface area contributed by atoms with E-state index in [1.807, 2.05) is 32.9 Å². The van der Waals surface area contributed by atoms with Gasteiger partial charge in [0, 0.05) is 12.4 Å². The normalized spacial score (nSPS) is 13.1. The number of unbranched alkanes of at least 4 members (excludes halogenated alkanes) is 1. The van der Waals surface area contributed by atoms with Gasteiger partial charge in [-0.1, -0.05) is 0 Å². The Kier molecular flexibility index (Phi) is 5.96. The molecule has 1 heterocycles. The van der Waals surface area contributed by atoms with Gasteiger partial charge in [-0.15, -0.1) is 0 Å². The molecule has 0 radical (unpaired) electrons. The molecule has 0 unspecified atom stereocenters. The van der Waals surface area contributed by atoms with Crippen LogP contribution in [0, 0.1) is 5.41 Å². The second kappa shape index (κ2) is 7.24. The molecule has 106 valence electrons. The summed E-state index contributed by atoms with van der Waals surface area (Å²) in [5.74, 6) is -0.179. The van der Waals surface area contributed by atoms with Crippen molar-refractivity contribution in [2.24, 2.45) is 5.41 Å². The van der Waals surface area contributed by atoms with Crippen molar-refractivity contribution < 1.29 is 14.6 Å². The molecule has 19 heavy (non-hydrogen) atoms. The van der Waals surface area contributed by atoms with E-state index in [2.05, 4.69) is 4.98 Å². The van der Waals surface area contributed by atoms with Gasteiger partial charge in [-0.25, -0.2) is 0 Å². The van der Waals surface area contributed by atoms with Gasteiger partial charge in [-0.2, -0.15) is 0 Å². The molecule has 4 heteroatoms. The quantitative estimate of drug-likeness (QED) is 0.634. The molecule has 0 fully saturated rings. The minimum absolute atomic E-state index is 0.179. The van der Waals surface area contributed by atoms with Crippen molar-refractivity contribution in [1.82, 2.24) is 4.98 Å². The third-order valence-corrected chi connectivity index (χ3v) is 2.81. The average molecular weight is 265 g/mol. The molecule has 1 N–H and O–H groups in total. The highest BCUT2D eigenvalue weighted by Crippen LogP contribution is 2.19. The molecule has 0 amide bonds. The summed E-state index contributed by atoms with van der Waals surface area (Å²) in [6, 6.07) is 3.62. The van der Waals surface area contributed by atoms with Crippen LogP contribution in [0.1, 0.15) is 51.7 Å². The Balaban J connectivity index is 2.16. The number of esters is 1. The first-order valence-electron chi connectivity index (χ1n) is 6.66.